The minimum atomic E-state index is -0.367. The second-order valence-electron chi connectivity index (χ2n) is 5.84. The zero-order valence-corrected chi connectivity index (χ0v) is 11.7. The van der Waals surface area contributed by atoms with Gasteiger partial charge in [-0.1, -0.05) is 62.4 Å². The fraction of sp³-hybridized carbons (Fsp3) is 0.647. The molecule has 106 valence electrons. The number of benzene rings is 1. The van der Waals surface area contributed by atoms with E-state index in [4.69, 9.17) is 0 Å². The van der Waals surface area contributed by atoms with Gasteiger partial charge in [-0.15, -0.1) is 0 Å². The van der Waals surface area contributed by atoms with Crippen molar-refractivity contribution >= 4 is 0 Å². The van der Waals surface area contributed by atoms with Gasteiger partial charge in [0.25, 0.3) is 0 Å². The van der Waals surface area contributed by atoms with Gasteiger partial charge in [0.2, 0.25) is 0 Å². The van der Waals surface area contributed by atoms with Crippen LogP contribution >= 0.6 is 0 Å². The second kappa shape index (κ2) is 7.66. The molecule has 0 amide bonds. The number of aryl methyl sites for hydroxylation is 1. The van der Waals surface area contributed by atoms with Crippen LogP contribution in [0, 0.1) is 11.8 Å². The summed E-state index contributed by atoms with van der Waals surface area (Å²) in [6, 6.07) is 10.3. The van der Waals surface area contributed by atoms with E-state index in [2.05, 4.69) is 12.1 Å². The fourth-order valence-corrected chi connectivity index (χ4v) is 3.32. The number of hydrogen-bond donors (Lipinski definition) is 2. The molecular formula is C17H26O2. The Bertz CT molecular complexity index is 344. The van der Waals surface area contributed by atoms with E-state index in [9.17, 15) is 10.2 Å². The van der Waals surface area contributed by atoms with Crippen molar-refractivity contribution in [2.24, 2.45) is 11.8 Å². The molecule has 1 aliphatic rings. The minimum absolute atomic E-state index is 0.0732. The summed E-state index contributed by atoms with van der Waals surface area (Å²) in [5, 5.41) is 19.9. The van der Waals surface area contributed by atoms with Gasteiger partial charge in [-0.05, 0) is 24.3 Å². The van der Waals surface area contributed by atoms with E-state index < -0.39 is 0 Å². The van der Waals surface area contributed by atoms with Crippen LogP contribution in [0.3, 0.4) is 0 Å². The van der Waals surface area contributed by atoms with E-state index in [1.54, 1.807) is 0 Å². The second-order valence-corrected chi connectivity index (χ2v) is 5.84. The molecule has 1 aromatic rings. The average molecular weight is 262 g/mol. The molecule has 0 radical (unpaired) electrons. The van der Waals surface area contributed by atoms with Crippen molar-refractivity contribution in [3.63, 3.8) is 0 Å². The van der Waals surface area contributed by atoms with E-state index >= 15 is 0 Å². The third kappa shape index (κ3) is 4.32. The van der Waals surface area contributed by atoms with Crippen LogP contribution in [-0.4, -0.2) is 22.9 Å². The maximum Gasteiger partial charge on any atom is 0.0596 e. The Morgan fingerprint density at radius 3 is 2.37 bits per heavy atom. The van der Waals surface area contributed by atoms with Gasteiger partial charge >= 0.3 is 0 Å². The molecule has 2 N–H and O–H groups in total. The van der Waals surface area contributed by atoms with Crippen LogP contribution in [0.15, 0.2) is 30.3 Å². The topological polar surface area (TPSA) is 40.5 Å². The highest BCUT2D eigenvalue weighted by Gasteiger charge is 2.28. The van der Waals surface area contributed by atoms with Gasteiger partial charge in [-0.2, -0.15) is 0 Å². The first-order valence-corrected chi connectivity index (χ1v) is 7.64. The summed E-state index contributed by atoms with van der Waals surface area (Å²) < 4.78 is 0. The number of aliphatic hydroxyl groups excluding tert-OH is 2. The van der Waals surface area contributed by atoms with Crippen LogP contribution in [0.1, 0.15) is 44.1 Å². The third-order valence-electron chi connectivity index (χ3n) is 4.53. The molecule has 2 atom stereocenters. The van der Waals surface area contributed by atoms with Crippen molar-refractivity contribution in [3.05, 3.63) is 35.9 Å². The number of hydrogen-bond acceptors (Lipinski definition) is 2. The third-order valence-corrected chi connectivity index (χ3v) is 4.53. The lowest BCUT2D eigenvalue weighted by Crippen LogP contribution is -2.32. The maximum atomic E-state index is 10.4. The Morgan fingerprint density at radius 1 is 1.05 bits per heavy atom. The molecule has 2 heteroatoms. The van der Waals surface area contributed by atoms with E-state index in [1.807, 2.05) is 18.2 Å². The Hall–Kier alpha value is -0.860. The highest BCUT2D eigenvalue weighted by Crippen LogP contribution is 2.32. The van der Waals surface area contributed by atoms with Crippen LogP contribution < -0.4 is 0 Å². The minimum Gasteiger partial charge on any atom is -0.396 e. The van der Waals surface area contributed by atoms with Gasteiger partial charge in [0.15, 0.2) is 0 Å². The lowest BCUT2D eigenvalue weighted by Gasteiger charge is -2.32. The monoisotopic (exact) mass is 262 g/mol. The zero-order chi connectivity index (χ0) is 13.5. The molecule has 0 heterocycles. The predicted molar refractivity (Wildman–Crippen MR) is 77.9 cm³/mol. The molecule has 0 aromatic heterocycles. The lowest BCUT2D eigenvalue weighted by molar-refractivity contribution is 0.0167. The average Bonchev–Trinajstić information content (AvgIpc) is 2.48. The molecule has 0 bridgehead atoms. The lowest BCUT2D eigenvalue weighted by atomic mass is 9.77. The molecule has 0 spiro atoms. The van der Waals surface area contributed by atoms with Crippen LogP contribution in [0.5, 0.6) is 0 Å². The summed E-state index contributed by atoms with van der Waals surface area (Å²) in [4.78, 5) is 0. The summed E-state index contributed by atoms with van der Waals surface area (Å²) in [5.74, 6) is 0.591. The summed E-state index contributed by atoms with van der Waals surface area (Å²) in [6.07, 6.45) is 7.46. The SMILES string of the molecule is OC[C@H](C1CCCCC1)[C@@H](O)CCc1ccccc1. The Morgan fingerprint density at radius 2 is 1.74 bits per heavy atom. The Balaban J connectivity index is 1.84. The normalized spacial score (nSPS) is 20.1. The van der Waals surface area contributed by atoms with E-state index in [-0.39, 0.29) is 18.6 Å². The molecule has 1 aromatic carbocycles. The van der Waals surface area contributed by atoms with Crippen molar-refractivity contribution in [3.8, 4) is 0 Å². The van der Waals surface area contributed by atoms with Crippen LogP contribution in [0.4, 0.5) is 0 Å². The van der Waals surface area contributed by atoms with Gasteiger partial charge in [0.05, 0.1) is 6.10 Å². The number of rotatable bonds is 6. The zero-order valence-electron chi connectivity index (χ0n) is 11.7. The molecule has 1 fully saturated rings. The summed E-state index contributed by atoms with van der Waals surface area (Å²) in [6.45, 7) is 0.126. The standard InChI is InChI=1S/C17H26O2/c18-13-16(15-9-5-2-6-10-15)17(19)12-11-14-7-3-1-4-8-14/h1,3-4,7-8,15-19H,2,5-6,9-13H2/t16-,17+/m1/s1. The van der Waals surface area contributed by atoms with Crippen molar-refractivity contribution in [1.82, 2.24) is 0 Å². The van der Waals surface area contributed by atoms with Crippen LogP contribution in [0.25, 0.3) is 0 Å². The molecule has 0 aliphatic heterocycles. The Kier molecular flexibility index (Phi) is 5.87. The first-order chi connectivity index (χ1) is 9.31. The molecule has 0 saturated heterocycles. The highest BCUT2D eigenvalue weighted by atomic mass is 16.3. The first kappa shape index (κ1) is 14.5. The van der Waals surface area contributed by atoms with Gasteiger partial charge in [0, 0.05) is 12.5 Å². The molecule has 0 unspecified atom stereocenters. The van der Waals surface area contributed by atoms with E-state index in [0.717, 1.165) is 12.8 Å². The van der Waals surface area contributed by atoms with Crippen molar-refractivity contribution in [2.75, 3.05) is 6.61 Å². The Labute approximate surface area is 116 Å². The van der Waals surface area contributed by atoms with Crippen LogP contribution in [0.2, 0.25) is 0 Å². The summed E-state index contributed by atoms with van der Waals surface area (Å²) in [5.41, 5.74) is 1.27. The highest BCUT2D eigenvalue weighted by molar-refractivity contribution is 5.14. The smallest absolute Gasteiger partial charge is 0.0596 e. The quantitative estimate of drug-likeness (QED) is 0.826. The molecular weight excluding hydrogens is 236 g/mol. The first-order valence-electron chi connectivity index (χ1n) is 7.64. The van der Waals surface area contributed by atoms with Gasteiger partial charge in [0.1, 0.15) is 0 Å². The number of aliphatic hydroxyl groups is 2. The summed E-state index contributed by atoms with van der Waals surface area (Å²) >= 11 is 0. The predicted octanol–water partition coefficient (Wildman–Crippen LogP) is 3.17. The van der Waals surface area contributed by atoms with Crippen molar-refractivity contribution in [2.45, 2.75) is 51.0 Å². The molecule has 1 saturated carbocycles. The largest absolute Gasteiger partial charge is 0.396 e. The van der Waals surface area contributed by atoms with Crippen molar-refractivity contribution < 1.29 is 10.2 Å². The molecule has 2 nitrogen and oxygen atoms in total. The van der Waals surface area contributed by atoms with Gasteiger partial charge in [-0.25, -0.2) is 0 Å². The van der Waals surface area contributed by atoms with Gasteiger partial charge < -0.3 is 10.2 Å². The van der Waals surface area contributed by atoms with Crippen molar-refractivity contribution in [1.29, 1.82) is 0 Å². The molecule has 1 aliphatic carbocycles. The molecule has 19 heavy (non-hydrogen) atoms. The van der Waals surface area contributed by atoms with Gasteiger partial charge in [-0.3, -0.25) is 0 Å². The van der Waals surface area contributed by atoms with Crippen LogP contribution in [-0.2, 0) is 6.42 Å². The van der Waals surface area contributed by atoms with E-state index in [1.165, 1.54) is 37.7 Å². The maximum absolute atomic E-state index is 10.4. The fourth-order valence-electron chi connectivity index (χ4n) is 3.32. The van der Waals surface area contributed by atoms with E-state index in [0.29, 0.717) is 5.92 Å². The molecule has 2 rings (SSSR count). The summed E-state index contributed by atoms with van der Waals surface area (Å²) in [7, 11) is 0.